The summed E-state index contributed by atoms with van der Waals surface area (Å²) < 4.78 is 6.39. The molecule has 0 spiro atoms. The second-order valence-electron chi connectivity index (χ2n) is 9.50. The first-order valence-electron chi connectivity index (χ1n) is 11.5. The van der Waals surface area contributed by atoms with E-state index in [4.69, 9.17) is 4.42 Å². The van der Waals surface area contributed by atoms with E-state index in [1.807, 2.05) is 0 Å². The average molecular weight is 426 g/mol. The van der Waals surface area contributed by atoms with Crippen LogP contribution in [0.5, 0.6) is 0 Å². The van der Waals surface area contributed by atoms with Crippen LogP contribution in [0.2, 0.25) is 0 Å². The molecule has 5 aromatic carbocycles. The highest BCUT2D eigenvalue weighted by Crippen LogP contribution is 2.49. The van der Waals surface area contributed by atoms with Crippen LogP contribution in [0.1, 0.15) is 25.0 Å². The number of para-hydroxylation sites is 1. The highest BCUT2D eigenvalue weighted by molar-refractivity contribution is 6.20. The van der Waals surface area contributed by atoms with E-state index < -0.39 is 0 Å². The minimum Gasteiger partial charge on any atom is -0.454 e. The van der Waals surface area contributed by atoms with Crippen molar-refractivity contribution in [2.24, 2.45) is 0 Å². The SMILES string of the molecule is CC1(C)c2ccccc2-c2ccc(Nc3cccc4c3oc3ccc5ccccc5c34)cc21. The molecular weight excluding hydrogens is 402 g/mol. The molecule has 0 bridgehead atoms. The molecule has 7 rings (SSSR count). The zero-order valence-corrected chi connectivity index (χ0v) is 18.6. The van der Waals surface area contributed by atoms with Crippen LogP contribution >= 0.6 is 0 Å². The van der Waals surface area contributed by atoms with Crippen LogP contribution in [0.15, 0.2) is 101 Å². The van der Waals surface area contributed by atoms with E-state index >= 15 is 0 Å². The third-order valence-corrected chi connectivity index (χ3v) is 7.25. The van der Waals surface area contributed by atoms with Crippen molar-refractivity contribution < 1.29 is 4.42 Å². The Balaban J connectivity index is 1.37. The molecule has 2 nitrogen and oxygen atoms in total. The molecule has 2 heteroatoms. The van der Waals surface area contributed by atoms with Gasteiger partial charge in [-0.2, -0.15) is 0 Å². The molecule has 1 aliphatic carbocycles. The van der Waals surface area contributed by atoms with Crippen LogP contribution in [-0.2, 0) is 5.41 Å². The summed E-state index contributed by atoms with van der Waals surface area (Å²) in [5.74, 6) is 0. The van der Waals surface area contributed by atoms with Crippen LogP contribution in [0.4, 0.5) is 11.4 Å². The van der Waals surface area contributed by atoms with E-state index in [-0.39, 0.29) is 5.41 Å². The van der Waals surface area contributed by atoms with Crippen LogP contribution in [0.25, 0.3) is 43.8 Å². The van der Waals surface area contributed by atoms with Gasteiger partial charge >= 0.3 is 0 Å². The highest BCUT2D eigenvalue weighted by atomic mass is 16.3. The van der Waals surface area contributed by atoms with Gasteiger partial charge in [-0.05, 0) is 57.3 Å². The molecule has 33 heavy (non-hydrogen) atoms. The first-order valence-corrected chi connectivity index (χ1v) is 11.5. The van der Waals surface area contributed by atoms with Crippen molar-refractivity contribution in [1.29, 1.82) is 0 Å². The fourth-order valence-electron chi connectivity index (χ4n) is 5.60. The lowest BCUT2D eigenvalue weighted by molar-refractivity contribution is 0.660. The minimum absolute atomic E-state index is 0.0199. The average Bonchev–Trinajstić information content (AvgIpc) is 3.34. The van der Waals surface area contributed by atoms with Gasteiger partial charge in [0.15, 0.2) is 5.58 Å². The number of anilines is 2. The zero-order valence-electron chi connectivity index (χ0n) is 18.6. The van der Waals surface area contributed by atoms with Crippen molar-refractivity contribution in [3.63, 3.8) is 0 Å². The van der Waals surface area contributed by atoms with E-state index in [0.29, 0.717) is 0 Å². The zero-order chi connectivity index (χ0) is 22.2. The number of nitrogens with one attached hydrogen (secondary N) is 1. The van der Waals surface area contributed by atoms with Gasteiger partial charge in [0.1, 0.15) is 5.58 Å². The van der Waals surface area contributed by atoms with Crippen LogP contribution < -0.4 is 5.32 Å². The van der Waals surface area contributed by atoms with Gasteiger partial charge < -0.3 is 9.73 Å². The molecule has 0 saturated heterocycles. The van der Waals surface area contributed by atoms with Crippen molar-refractivity contribution in [2.45, 2.75) is 19.3 Å². The Morgan fingerprint density at radius 3 is 2.39 bits per heavy atom. The third-order valence-electron chi connectivity index (χ3n) is 7.25. The second kappa shape index (κ2) is 6.49. The lowest BCUT2D eigenvalue weighted by atomic mass is 9.82. The van der Waals surface area contributed by atoms with Gasteiger partial charge in [0.25, 0.3) is 0 Å². The van der Waals surface area contributed by atoms with Gasteiger partial charge in [0.05, 0.1) is 5.69 Å². The molecule has 0 atom stereocenters. The van der Waals surface area contributed by atoms with Crippen molar-refractivity contribution >= 4 is 44.1 Å². The maximum Gasteiger partial charge on any atom is 0.158 e. The Kier molecular flexibility index (Phi) is 3.64. The molecule has 0 radical (unpaired) electrons. The monoisotopic (exact) mass is 425 g/mol. The van der Waals surface area contributed by atoms with E-state index in [9.17, 15) is 0 Å². The molecule has 1 heterocycles. The third kappa shape index (κ3) is 2.55. The molecule has 0 saturated carbocycles. The van der Waals surface area contributed by atoms with Gasteiger partial charge in [0.2, 0.25) is 0 Å². The summed E-state index contributed by atoms with van der Waals surface area (Å²) in [5, 5.41) is 8.43. The Morgan fingerprint density at radius 1 is 0.667 bits per heavy atom. The summed E-state index contributed by atoms with van der Waals surface area (Å²) in [6.07, 6.45) is 0. The van der Waals surface area contributed by atoms with Gasteiger partial charge in [0, 0.05) is 21.9 Å². The Morgan fingerprint density at radius 2 is 1.45 bits per heavy atom. The Bertz CT molecular complexity index is 1720. The van der Waals surface area contributed by atoms with Gasteiger partial charge in [-0.25, -0.2) is 0 Å². The maximum absolute atomic E-state index is 6.39. The molecule has 1 N–H and O–H groups in total. The topological polar surface area (TPSA) is 25.2 Å². The van der Waals surface area contributed by atoms with Crippen LogP contribution in [0, 0.1) is 0 Å². The maximum atomic E-state index is 6.39. The summed E-state index contributed by atoms with van der Waals surface area (Å²) >= 11 is 0. The lowest BCUT2D eigenvalue weighted by Gasteiger charge is -2.22. The fraction of sp³-hybridized carbons (Fsp3) is 0.0968. The van der Waals surface area contributed by atoms with E-state index in [1.165, 1.54) is 38.4 Å². The largest absolute Gasteiger partial charge is 0.454 e. The number of hydrogen-bond donors (Lipinski definition) is 1. The number of benzene rings is 5. The molecule has 0 amide bonds. The summed E-state index contributed by atoms with van der Waals surface area (Å²) in [7, 11) is 0. The van der Waals surface area contributed by atoms with Crippen molar-refractivity contribution in [1.82, 2.24) is 0 Å². The van der Waals surface area contributed by atoms with Gasteiger partial charge in [-0.15, -0.1) is 0 Å². The standard InChI is InChI=1S/C31H23NO/c1-31(2)25-12-6-5-10-22(25)23-16-15-20(18-26(23)31)32-27-13-7-11-24-29-21-9-4-3-8-19(21)14-17-28(29)33-30(24)27/h3-18,32H,1-2H3. The molecule has 0 unspecified atom stereocenters. The van der Waals surface area contributed by atoms with Crippen LogP contribution in [0.3, 0.4) is 0 Å². The predicted molar refractivity (Wildman–Crippen MR) is 139 cm³/mol. The van der Waals surface area contributed by atoms with E-state index in [0.717, 1.165) is 27.9 Å². The number of hydrogen-bond acceptors (Lipinski definition) is 2. The normalized spacial score (nSPS) is 14.0. The molecule has 6 aromatic rings. The predicted octanol–water partition coefficient (Wildman–Crippen LogP) is 8.79. The Hall–Kier alpha value is -4.04. The minimum atomic E-state index is -0.0199. The second-order valence-corrected chi connectivity index (χ2v) is 9.50. The van der Waals surface area contributed by atoms with Gasteiger partial charge in [-0.1, -0.05) is 86.6 Å². The fourth-order valence-corrected chi connectivity index (χ4v) is 5.60. The quantitative estimate of drug-likeness (QED) is 0.300. The van der Waals surface area contributed by atoms with Gasteiger partial charge in [-0.3, -0.25) is 0 Å². The first kappa shape index (κ1) is 18.5. The Labute approximate surface area is 192 Å². The van der Waals surface area contributed by atoms with Crippen molar-refractivity contribution in [2.75, 3.05) is 5.32 Å². The number of fused-ring (bicyclic) bond motifs is 8. The first-order chi connectivity index (χ1) is 16.1. The number of furan rings is 1. The van der Waals surface area contributed by atoms with Crippen molar-refractivity contribution in [3.05, 3.63) is 108 Å². The van der Waals surface area contributed by atoms with Crippen molar-refractivity contribution in [3.8, 4) is 11.1 Å². The molecule has 0 aliphatic heterocycles. The molecule has 0 fully saturated rings. The molecule has 1 aliphatic rings. The summed E-state index contributed by atoms with van der Waals surface area (Å²) in [5.41, 5.74) is 9.28. The highest BCUT2D eigenvalue weighted by Gasteiger charge is 2.35. The molecular formula is C31H23NO. The molecule has 1 aromatic heterocycles. The number of rotatable bonds is 2. The summed E-state index contributed by atoms with van der Waals surface area (Å²) in [4.78, 5) is 0. The molecule has 158 valence electrons. The van der Waals surface area contributed by atoms with E-state index in [1.54, 1.807) is 0 Å². The summed E-state index contributed by atoms with van der Waals surface area (Å²) in [6, 6.07) is 34.5. The lowest BCUT2D eigenvalue weighted by Crippen LogP contribution is -2.15. The van der Waals surface area contributed by atoms with E-state index in [2.05, 4.69) is 116 Å². The smallest absolute Gasteiger partial charge is 0.158 e. The van der Waals surface area contributed by atoms with Crippen LogP contribution in [-0.4, -0.2) is 0 Å². The summed E-state index contributed by atoms with van der Waals surface area (Å²) in [6.45, 7) is 4.62.